The van der Waals surface area contributed by atoms with Crippen LogP contribution in [0.5, 0.6) is 0 Å². The molecule has 0 atom stereocenters. The Morgan fingerprint density at radius 2 is 1.15 bits per heavy atom. The molecule has 0 amide bonds. The summed E-state index contributed by atoms with van der Waals surface area (Å²) in [6, 6.07) is 0. The van der Waals surface area contributed by atoms with Crippen LogP contribution in [0.4, 0.5) is 0 Å². The highest BCUT2D eigenvalue weighted by Gasteiger charge is 2.16. The van der Waals surface area contributed by atoms with Crippen LogP contribution in [0.15, 0.2) is 24.3 Å². The molecule has 0 radical (unpaired) electrons. The third-order valence-electron chi connectivity index (χ3n) is 2.75. The molecule has 0 aromatic rings. The van der Waals surface area contributed by atoms with E-state index in [9.17, 15) is 0 Å². The van der Waals surface area contributed by atoms with Crippen molar-refractivity contribution in [1.29, 1.82) is 0 Å². The van der Waals surface area contributed by atoms with Gasteiger partial charge in [0.1, 0.15) is 0 Å². The molecular formula is C13H26. The Balaban J connectivity index is 0. The quantitative estimate of drug-likeness (QED) is 0.537. The molecule has 0 aromatic carbocycles. The molecule has 0 aromatic heterocycles. The molecular weight excluding hydrogens is 156 g/mol. The molecule has 0 aliphatic heterocycles. The van der Waals surface area contributed by atoms with E-state index in [1.807, 2.05) is 0 Å². The van der Waals surface area contributed by atoms with Gasteiger partial charge in [-0.2, -0.15) is 0 Å². The summed E-state index contributed by atoms with van der Waals surface area (Å²) < 4.78 is 0. The lowest BCUT2D eigenvalue weighted by atomic mass is 9.82. The lowest BCUT2D eigenvalue weighted by Crippen LogP contribution is -2.10. The van der Waals surface area contributed by atoms with Gasteiger partial charge in [-0.3, -0.25) is 0 Å². The van der Waals surface area contributed by atoms with Gasteiger partial charge in [-0.1, -0.05) is 31.7 Å². The average molecular weight is 182 g/mol. The maximum atomic E-state index is 2.37. The van der Waals surface area contributed by atoms with Crippen LogP contribution in [0.25, 0.3) is 0 Å². The zero-order valence-electron chi connectivity index (χ0n) is 8.29. The number of hydrogen-bond donors (Lipinski definition) is 0. The van der Waals surface area contributed by atoms with Crippen molar-refractivity contribution in [3.05, 3.63) is 24.3 Å². The predicted octanol–water partition coefficient (Wildman–Crippen LogP) is 4.83. The Morgan fingerprint density at radius 3 is 1.38 bits per heavy atom. The van der Waals surface area contributed by atoms with E-state index in [1.165, 1.54) is 25.7 Å². The lowest BCUT2D eigenvalue weighted by Gasteiger charge is -2.24. The largest absolute Gasteiger partial charge is 0.0914 e. The van der Waals surface area contributed by atoms with Gasteiger partial charge in [0.05, 0.1) is 0 Å². The molecule has 1 fully saturated rings. The molecule has 0 nitrogen and oxygen atoms in total. The molecule has 0 heteroatoms. The third-order valence-corrected chi connectivity index (χ3v) is 2.75. The van der Waals surface area contributed by atoms with E-state index in [1.54, 1.807) is 0 Å². The van der Waals surface area contributed by atoms with Crippen molar-refractivity contribution >= 4 is 0 Å². The molecule has 13 heavy (non-hydrogen) atoms. The van der Waals surface area contributed by atoms with Gasteiger partial charge in [-0.15, -0.1) is 0 Å². The second-order valence-electron chi connectivity index (χ2n) is 3.73. The molecule has 0 unspecified atom stereocenters. The van der Waals surface area contributed by atoms with E-state index in [4.69, 9.17) is 0 Å². The van der Waals surface area contributed by atoms with Crippen molar-refractivity contribution in [2.45, 2.75) is 47.0 Å². The van der Waals surface area contributed by atoms with Crippen LogP contribution in [0.1, 0.15) is 48.4 Å². The first-order chi connectivity index (χ1) is 5.86. The van der Waals surface area contributed by atoms with Crippen LogP contribution < -0.4 is 0 Å². The highest BCUT2D eigenvalue weighted by molar-refractivity contribution is 4.94. The van der Waals surface area contributed by atoms with E-state index >= 15 is 0 Å². The Labute approximate surface area is 85.2 Å². The SMILES string of the molecule is C.C/C=C/C1CCC(/C=C/C)CC1.[HH]. The Bertz CT molecular complexity index is 142. The van der Waals surface area contributed by atoms with Crippen LogP contribution >= 0.6 is 0 Å². The monoisotopic (exact) mass is 182 g/mol. The molecule has 1 aliphatic rings. The van der Waals surface area contributed by atoms with Gasteiger partial charge in [0, 0.05) is 1.43 Å². The highest BCUT2D eigenvalue weighted by Crippen LogP contribution is 2.30. The van der Waals surface area contributed by atoms with E-state index in [0.717, 1.165) is 11.8 Å². The number of allylic oxidation sites excluding steroid dienone is 4. The summed E-state index contributed by atoms with van der Waals surface area (Å²) in [5.74, 6) is 1.74. The lowest BCUT2D eigenvalue weighted by molar-refractivity contribution is 0.356. The summed E-state index contributed by atoms with van der Waals surface area (Å²) in [5.41, 5.74) is 0. The topological polar surface area (TPSA) is 0 Å². The molecule has 1 aliphatic carbocycles. The second-order valence-corrected chi connectivity index (χ2v) is 3.73. The number of hydrogen-bond acceptors (Lipinski definition) is 0. The summed E-state index contributed by atoms with van der Waals surface area (Å²) in [6.45, 7) is 4.25. The van der Waals surface area contributed by atoms with Gasteiger partial charge in [-0.25, -0.2) is 0 Å². The van der Waals surface area contributed by atoms with Crippen LogP contribution in [0.3, 0.4) is 0 Å². The summed E-state index contributed by atoms with van der Waals surface area (Å²) in [4.78, 5) is 0. The van der Waals surface area contributed by atoms with Gasteiger partial charge in [0.25, 0.3) is 0 Å². The average Bonchev–Trinajstić information content (AvgIpc) is 2.09. The fraction of sp³-hybridized carbons (Fsp3) is 0.692. The summed E-state index contributed by atoms with van der Waals surface area (Å²) in [7, 11) is 0. The molecule has 0 saturated heterocycles. The van der Waals surface area contributed by atoms with Gasteiger partial charge in [-0.05, 0) is 51.4 Å². The van der Waals surface area contributed by atoms with E-state index in [0.29, 0.717) is 0 Å². The fourth-order valence-corrected chi connectivity index (χ4v) is 2.07. The molecule has 0 N–H and O–H groups in total. The standard InChI is InChI=1S/C12H20.CH4.H2/c1-3-5-11-7-9-12(6-4-2)10-8-11;;/h3-6,11-12H,7-10H2,1-2H3;1H4;1H/b5-3+,6-4+;;. The smallest absolute Gasteiger partial charge is 0 e. The van der Waals surface area contributed by atoms with Crippen LogP contribution in [-0.4, -0.2) is 0 Å². The minimum atomic E-state index is 0. The third kappa shape index (κ3) is 4.31. The van der Waals surface area contributed by atoms with Crippen LogP contribution in [0.2, 0.25) is 0 Å². The summed E-state index contributed by atoms with van der Waals surface area (Å²) in [5, 5.41) is 0. The Morgan fingerprint density at radius 1 is 0.846 bits per heavy atom. The molecule has 1 rings (SSSR count). The molecule has 0 bridgehead atoms. The van der Waals surface area contributed by atoms with Crippen molar-refractivity contribution in [2.75, 3.05) is 0 Å². The number of rotatable bonds is 2. The van der Waals surface area contributed by atoms with Crippen molar-refractivity contribution in [1.82, 2.24) is 0 Å². The molecule has 1 saturated carbocycles. The van der Waals surface area contributed by atoms with Crippen molar-refractivity contribution < 1.29 is 1.43 Å². The normalized spacial score (nSPS) is 29.4. The van der Waals surface area contributed by atoms with E-state index in [-0.39, 0.29) is 8.85 Å². The van der Waals surface area contributed by atoms with E-state index < -0.39 is 0 Å². The maximum absolute atomic E-state index is 2.37. The van der Waals surface area contributed by atoms with Gasteiger partial charge in [0.2, 0.25) is 0 Å². The minimum Gasteiger partial charge on any atom is -0.0914 e. The summed E-state index contributed by atoms with van der Waals surface area (Å²) >= 11 is 0. The molecule has 0 spiro atoms. The Kier molecular flexibility index (Phi) is 6.66. The predicted molar refractivity (Wildman–Crippen MR) is 63.9 cm³/mol. The van der Waals surface area contributed by atoms with Crippen molar-refractivity contribution in [2.24, 2.45) is 11.8 Å². The first kappa shape index (κ1) is 12.5. The molecule has 78 valence electrons. The second kappa shape index (κ2) is 6.94. The van der Waals surface area contributed by atoms with Crippen LogP contribution in [-0.2, 0) is 0 Å². The van der Waals surface area contributed by atoms with Crippen LogP contribution in [0, 0.1) is 11.8 Å². The van der Waals surface area contributed by atoms with Gasteiger partial charge >= 0.3 is 0 Å². The zero-order chi connectivity index (χ0) is 8.81. The van der Waals surface area contributed by atoms with E-state index in [2.05, 4.69) is 38.2 Å². The maximum Gasteiger partial charge on any atom is 0 e. The van der Waals surface area contributed by atoms with Crippen molar-refractivity contribution in [3.63, 3.8) is 0 Å². The first-order valence-corrected chi connectivity index (χ1v) is 5.12. The molecule has 0 heterocycles. The minimum absolute atomic E-state index is 0. The van der Waals surface area contributed by atoms with Crippen molar-refractivity contribution in [3.8, 4) is 0 Å². The van der Waals surface area contributed by atoms with Gasteiger partial charge in [0.15, 0.2) is 0 Å². The highest BCUT2D eigenvalue weighted by atomic mass is 14.2. The fourth-order valence-electron chi connectivity index (χ4n) is 2.07. The Hall–Kier alpha value is -0.520. The first-order valence-electron chi connectivity index (χ1n) is 5.12. The zero-order valence-corrected chi connectivity index (χ0v) is 8.29. The summed E-state index contributed by atoms with van der Waals surface area (Å²) in [6.07, 6.45) is 14.7. The van der Waals surface area contributed by atoms with Gasteiger partial charge < -0.3 is 0 Å².